The Hall–Kier alpha value is -1.17. The highest BCUT2D eigenvalue weighted by atomic mass is 79.9. The van der Waals surface area contributed by atoms with Gasteiger partial charge in [-0.15, -0.1) is 0 Å². The molecule has 0 fully saturated rings. The van der Waals surface area contributed by atoms with Crippen LogP contribution >= 0.6 is 15.9 Å². The molecule has 0 saturated carbocycles. The van der Waals surface area contributed by atoms with Crippen molar-refractivity contribution in [2.24, 2.45) is 0 Å². The molecule has 1 aliphatic heterocycles. The first-order valence-electron chi connectivity index (χ1n) is 4.71. The van der Waals surface area contributed by atoms with Gasteiger partial charge in [0, 0.05) is 10.0 Å². The van der Waals surface area contributed by atoms with Gasteiger partial charge in [0.1, 0.15) is 0 Å². The van der Waals surface area contributed by atoms with E-state index in [0.29, 0.717) is 10.0 Å². The van der Waals surface area contributed by atoms with Crippen molar-refractivity contribution in [1.82, 2.24) is 0 Å². The zero-order valence-corrected chi connectivity index (χ0v) is 10.3. The topological polar surface area (TPSA) is 18.5 Å². The SMILES string of the molecule is COc1cc(Br)cc2c1OC(C(F)(F)F)C=C2. The van der Waals surface area contributed by atoms with Crippen LogP contribution in [0.3, 0.4) is 0 Å². The highest BCUT2D eigenvalue weighted by molar-refractivity contribution is 9.10. The minimum atomic E-state index is -4.42. The van der Waals surface area contributed by atoms with E-state index >= 15 is 0 Å². The Balaban J connectivity index is 2.44. The van der Waals surface area contributed by atoms with Crippen molar-refractivity contribution in [3.63, 3.8) is 0 Å². The van der Waals surface area contributed by atoms with Crippen LogP contribution in [0.25, 0.3) is 6.08 Å². The Morgan fingerprint density at radius 1 is 1.35 bits per heavy atom. The molecule has 0 N–H and O–H groups in total. The molecule has 92 valence electrons. The molecule has 2 nitrogen and oxygen atoms in total. The van der Waals surface area contributed by atoms with Crippen molar-refractivity contribution in [1.29, 1.82) is 0 Å². The van der Waals surface area contributed by atoms with Crippen LogP contribution in [0.2, 0.25) is 0 Å². The maximum atomic E-state index is 12.5. The number of ether oxygens (including phenoxy) is 2. The first kappa shape index (κ1) is 12.3. The van der Waals surface area contributed by atoms with E-state index in [1.807, 2.05) is 0 Å². The fourth-order valence-electron chi connectivity index (χ4n) is 1.52. The zero-order chi connectivity index (χ0) is 12.6. The largest absolute Gasteiger partial charge is 0.493 e. The van der Waals surface area contributed by atoms with Crippen molar-refractivity contribution in [2.75, 3.05) is 7.11 Å². The van der Waals surface area contributed by atoms with Crippen molar-refractivity contribution in [2.45, 2.75) is 12.3 Å². The summed E-state index contributed by atoms with van der Waals surface area (Å²) in [7, 11) is 1.38. The Kier molecular flexibility index (Phi) is 3.07. The molecule has 0 radical (unpaired) electrons. The van der Waals surface area contributed by atoms with E-state index in [2.05, 4.69) is 15.9 Å². The molecule has 0 saturated heterocycles. The monoisotopic (exact) mass is 308 g/mol. The van der Waals surface area contributed by atoms with Crippen LogP contribution in [0.4, 0.5) is 13.2 Å². The third kappa shape index (κ3) is 2.41. The number of rotatable bonds is 1. The van der Waals surface area contributed by atoms with Gasteiger partial charge in [-0.3, -0.25) is 0 Å². The number of hydrogen-bond donors (Lipinski definition) is 0. The molecule has 0 aliphatic carbocycles. The van der Waals surface area contributed by atoms with E-state index in [9.17, 15) is 13.2 Å². The van der Waals surface area contributed by atoms with Crippen LogP contribution < -0.4 is 9.47 Å². The molecular formula is C11H8BrF3O2. The molecule has 1 atom stereocenters. The standard InChI is InChI=1S/C11H8BrF3O2/c1-16-8-5-7(12)4-6-2-3-9(11(13,14)15)17-10(6)8/h2-5,9H,1H3. The second kappa shape index (κ2) is 4.25. The summed E-state index contributed by atoms with van der Waals surface area (Å²) in [6.45, 7) is 0. The summed E-state index contributed by atoms with van der Waals surface area (Å²) in [6, 6.07) is 3.23. The third-order valence-electron chi connectivity index (χ3n) is 2.29. The molecule has 17 heavy (non-hydrogen) atoms. The molecule has 1 aromatic rings. The first-order valence-corrected chi connectivity index (χ1v) is 5.50. The van der Waals surface area contributed by atoms with E-state index < -0.39 is 12.3 Å². The Labute approximate surface area is 104 Å². The zero-order valence-electron chi connectivity index (χ0n) is 8.72. The number of methoxy groups -OCH3 is 1. The lowest BCUT2D eigenvalue weighted by Gasteiger charge is -2.24. The molecular weight excluding hydrogens is 301 g/mol. The molecule has 2 rings (SSSR count). The molecule has 0 bridgehead atoms. The van der Waals surface area contributed by atoms with Crippen molar-refractivity contribution < 1.29 is 22.6 Å². The summed E-state index contributed by atoms with van der Waals surface area (Å²) in [4.78, 5) is 0. The van der Waals surface area contributed by atoms with Crippen molar-refractivity contribution >= 4 is 22.0 Å². The second-order valence-corrected chi connectivity index (χ2v) is 4.38. The number of alkyl halides is 3. The van der Waals surface area contributed by atoms with Gasteiger partial charge in [-0.25, -0.2) is 0 Å². The molecule has 1 aromatic carbocycles. The number of fused-ring (bicyclic) bond motifs is 1. The molecule has 0 aromatic heterocycles. The summed E-state index contributed by atoms with van der Waals surface area (Å²) in [5.74, 6) is 0.383. The smallest absolute Gasteiger partial charge is 0.429 e. The summed E-state index contributed by atoms with van der Waals surface area (Å²) >= 11 is 3.24. The van der Waals surface area contributed by atoms with E-state index in [1.165, 1.54) is 13.2 Å². The van der Waals surface area contributed by atoms with Crippen LogP contribution in [0.1, 0.15) is 5.56 Å². The van der Waals surface area contributed by atoms with E-state index in [0.717, 1.165) is 6.08 Å². The average molecular weight is 309 g/mol. The second-order valence-electron chi connectivity index (χ2n) is 3.47. The maximum Gasteiger partial charge on any atom is 0.429 e. The molecule has 1 unspecified atom stereocenters. The fourth-order valence-corrected chi connectivity index (χ4v) is 1.98. The van der Waals surface area contributed by atoms with E-state index in [1.54, 1.807) is 12.1 Å². The van der Waals surface area contributed by atoms with Crippen LogP contribution in [0.15, 0.2) is 22.7 Å². The lowest BCUT2D eigenvalue weighted by molar-refractivity contribution is -0.180. The molecule has 0 spiro atoms. The molecule has 1 heterocycles. The fraction of sp³-hybridized carbons (Fsp3) is 0.273. The number of hydrogen-bond acceptors (Lipinski definition) is 2. The normalized spacial score (nSPS) is 18.5. The minimum Gasteiger partial charge on any atom is -0.493 e. The van der Waals surface area contributed by atoms with Gasteiger partial charge in [-0.2, -0.15) is 13.2 Å². The predicted octanol–water partition coefficient (Wildman–Crippen LogP) is 3.79. The maximum absolute atomic E-state index is 12.5. The highest BCUT2D eigenvalue weighted by Gasteiger charge is 2.42. The van der Waals surface area contributed by atoms with Crippen LogP contribution in [-0.4, -0.2) is 19.4 Å². The summed E-state index contributed by atoms with van der Waals surface area (Å²) in [5, 5.41) is 0. The Morgan fingerprint density at radius 2 is 2.06 bits per heavy atom. The molecule has 1 aliphatic rings. The van der Waals surface area contributed by atoms with Gasteiger partial charge in [-0.05, 0) is 18.2 Å². The average Bonchev–Trinajstić information content (AvgIpc) is 2.25. The lowest BCUT2D eigenvalue weighted by Crippen LogP contribution is -2.34. The molecule has 0 amide bonds. The summed E-state index contributed by atoms with van der Waals surface area (Å²) in [5.41, 5.74) is 0.553. The van der Waals surface area contributed by atoms with Gasteiger partial charge in [0.2, 0.25) is 6.10 Å². The van der Waals surface area contributed by atoms with E-state index in [4.69, 9.17) is 9.47 Å². The third-order valence-corrected chi connectivity index (χ3v) is 2.74. The minimum absolute atomic E-state index is 0.112. The number of benzene rings is 1. The Morgan fingerprint density at radius 3 is 2.65 bits per heavy atom. The van der Waals surface area contributed by atoms with E-state index in [-0.39, 0.29) is 11.5 Å². The quantitative estimate of drug-likeness (QED) is 0.786. The van der Waals surface area contributed by atoms with Gasteiger partial charge < -0.3 is 9.47 Å². The molecule has 6 heteroatoms. The van der Waals surface area contributed by atoms with Gasteiger partial charge in [0.15, 0.2) is 11.5 Å². The van der Waals surface area contributed by atoms with Crippen LogP contribution in [0, 0.1) is 0 Å². The first-order chi connectivity index (χ1) is 7.91. The van der Waals surface area contributed by atoms with Crippen molar-refractivity contribution in [3.8, 4) is 11.5 Å². The highest BCUT2D eigenvalue weighted by Crippen LogP contribution is 2.41. The van der Waals surface area contributed by atoms with Crippen LogP contribution in [0.5, 0.6) is 11.5 Å². The summed E-state index contributed by atoms with van der Waals surface area (Å²) < 4.78 is 48.2. The van der Waals surface area contributed by atoms with Crippen molar-refractivity contribution in [3.05, 3.63) is 28.2 Å². The van der Waals surface area contributed by atoms with Gasteiger partial charge in [-0.1, -0.05) is 22.0 Å². The van der Waals surface area contributed by atoms with Crippen LogP contribution in [-0.2, 0) is 0 Å². The van der Waals surface area contributed by atoms with Gasteiger partial charge in [0.25, 0.3) is 0 Å². The lowest BCUT2D eigenvalue weighted by atomic mass is 10.1. The Bertz CT molecular complexity index is 469. The summed E-state index contributed by atoms with van der Waals surface area (Å²) in [6.07, 6.45) is -3.99. The van der Waals surface area contributed by atoms with Gasteiger partial charge >= 0.3 is 6.18 Å². The predicted molar refractivity (Wildman–Crippen MR) is 60.2 cm³/mol. The number of halogens is 4. The van der Waals surface area contributed by atoms with Gasteiger partial charge in [0.05, 0.1) is 7.11 Å².